The lowest BCUT2D eigenvalue weighted by molar-refractivity contribution is -0.115. The number of aliphatic imine (C=N–C) groups is 1. The van der Waals surface area contributed by atoms with Crippen LogP contribution in [0.2, 0.25) is 0 Å². The summed E-state index contributed by atoms with van der Waals surface area (Å²) in [5.41, 5.74) is 1.42. The first-order valence-electron chi connectivity index (χ1n) is 8.90. The molecule has 0 unspecified atom stereocenters. The summed E-state index contributed by atoms with van der Waals surface area (Å²) in [4.78, 5) is 17.4. The monoisotopic (exact) mass is 414 g/mol. The fourth-order valence-corrected chi connectivity index (χ4v) is 3.50. The minimum Gasteiger partial charge on any atom is -0.497 e. The number of nitrogens with zero attached hydrogens (tertiary/aromatic N) is 1. The van der Waals surface area contributed by atoms with Gasteiger partial charge in [-0.1, -0.05) is 6.07 Å². The van der Waals surface area contributed by atoms with Crippen LogP contribution in [0.25, 0.3) is 6.08 Å². The Morgan fingerprint density at radius 3 is 2.48 bits per heavy atom. The molecule has 1 heterocycles. The van der Waals surface area contributed by atoms with Crippen molar-refractivity contribution in [2.75, 3.05) is 27.9 Å². The van der Waals surface area contributed by atoms with Gasteiger partial charge in [0.2, 0.25) is 0 Å². The smallest absolute Gasteiger partial charge is 0.264 e. The molecule has 1 amide bonds. The molecule has 8 heteroatoms. The third-order valence-corrected chi connectivity index (χ3v) is 4.95. The molecule has 0 bridgehead atoms. The molecule has 3 rings (SSSR count). The van der Waals surface area contributed by atoms with E-state index in [1.807, 2.05) is 25.1 Å². The molecule has 1 N–H and O–H groups in total. The summed E-state index contributed by atoms with van der Waals surface area (Å²) in [5, 5.41) is 3.25. The summed E-state index contributed by atoms with van der Waals surface area (Å²) in [5.74, 6) is 2.28. The number of hydrogen-bond donors (Lipinski definition) is 1. The summed E-state index contributed by atoms with van der Waals surface area (Å²) in [6, 6.07) is 10.8. The van der Waals surface area contributed by atoms with Crippen LogP contribution in [0.4, 0.5) is 5.69 Å². The summed E-state index contributed by atoms with van der Waals surface area (Å²) in [6.45, 7) is 2.46. The molecule has 29 heavy (non-hydrogen) atoms. The third kappa shape index (κ3) is 4.83. The standard InChI is InChI=1S/C21H22N2O5S/c1-5-28-16-9-6-13(10-18(16)27-4)11-19-20(24)23-21(29-19)22-15-8-7-14(25-2)12-17(15)26-3/h6-12H,5H2,1-4H3,(H,22,23,24). The highest BCUT2D eigenvalue weighted by molar-refractivity contribution is 8.18. The third-order valence-electron chi connectivity index (χ3n) is 4.05. The summed E-state index contributed by atoms with van der Waals surface area (Å²) in [7, 11) is 4.72. The minimum absolute atomic E-state index is 0.214. The van der Waals surface area contributed by atoms with Gasteiger partial charge in [-0.15, -0.1) is 0 Å². The highest BCUT2D eigenvalue weighted by Gasteiger charge is 2.24. The lowest BCUT2D eigenvalue weighted by atomic mass is 10.2. The van der Waals surface area contributed by atoms with Gasteiger partial charge in [0.05, 0.1) is 32.8 Å². The quantitative estimate of drug-likeness (QED) is 0.690. The molecule has 7 nitrogen and oxygen atoms in total. The fraction of sp³-hybridized carbons (Fsp3) is 0.238. The molecular weight excluding hydrogens is 392 g/mol. The van der Waals surface area contributed by atoms with Gasteiger partial charge in [-0.2, -0.15) is 0 Å². The molecule has 1 saturated heterocycles. The number of methoxy groups -OCH3 is 3. The van der Waals surface area contributed by atoms with E-state index in [0.717, 1.165) is 5.56 Å². The van der Waals surface area contributed by atoms with Gasteiger partial charge in [-0.05, 0) is 54.6 Å². The average Bonchev–Trinajstić information content (AvgIpc) is 3.08. The first kappa shape index (κ1) is 20.6. The highest BCUT2D eigenvalue weighted by Crippen LogP contribution is 2.35. The van der Waals surface area contributed by atoms with Crippen LogP contribution in [0.1, 0.15) is 12.5 Å². The Bertz CT molecular complexity index is 972. The van der Waals surface area contributed by atoms with Crippen LogP contribution in [0.15, 0.2) is 46.3 Å². The van der Waals surface area contributed by atoms with E-state index in [9.17, 15) is 4.79 Å². The summed E-state index contributed by atoms with van der Waals surface area (Å²) >= 11 is 1.26. The Balaban J connectivity index is 1.84. The molecule has 152 valence electrons. The van der Waals surface area contributed by atoms with E-state index in [1.54, 1.807) is 45.6 Å². The van der Waals surface area contributed by atoms with Gasteiger partial charge in [-0.3, -0.25) is 4.79 Å². The molecule has 0 radical (unpaired) electrons. The van der Waals surface area contributed by atoms with Gasteiger partial charge in [0.25, 0.3) is 5.91 Å². The lowest BCUT2D eigenvalue weighted by Crippen LogP contribution is -2.19. The van der Waals surface area contributed by atoms with Crippen molar-refractivity contribution in [2.24, 2.45) is 4.99 Å². The van der Waals surface area contributed by atoms with Gasteiger partial charge in [0, 0.05) is 6.07 Å². The molecule has 0 atom stereocenters. The van der Waals surface area contributed by atoms with Crippen LogP contribution < -0.4 is 24.3 Å². The number of amidine groups is 1. The average molecular weight is 414 g/mol. The van der Waals surface area contributed by atoms with Crippen molar-refractivity contribution < 1.29 is 23.7 Å². The second kappa shape index (κ2) is 9.38. The van der Waals surface area contributed by atoms with E-state index in [-0.39, 0.29) is 5.91 Å². The first-order chi connectivity index (χ1) is 14.1. The van der Waals surface area contributed by atoms with Crippen molar-refractivity contribution in [3.05, 3.63) is 46.9 Å². The molecule has 0 saturated carbocycles. The predicted octanol–water partition coefficient (Wildman–Crippen LogP) is 4.00. The number of hydrogen-bond acceptors (Lipinski definition) is 7. The van der Waals surface area contributed by atoms with E-state index in [4.69, 9.17) is 18.9 Å². The van der Waals surface area contributed by atoms with E-state index in [0.29, 0.717) is 45.4 Å². The Labute approximate surface area is 173 Å². The van der Waals surface area contributed by atoms with Gasteiger partial charge < -0.3 is 24.3 Å². The Morgan fingerprint density at radius 1 is 1.00 bits per heavy atom. The van der Waals surface area contributed by atoms with Crippen LogP contribution in [0, 0.1) is 0 Å². The van der Waals surface area contributed by atoms with Crippen LogP contribution in [-0.4, -0.2) is 39.0 Å². The molecule has 0 spiro atoms. The van der Waals surface area contributed by atoms with Crippen LogP contribution in [-0.2, 0) is 4.79 Å². The van der Waals surface area contributed by atoms with Crippen molar-refractivity contribution in [2.45, 2.75) is 6.92 Å². The minimum atomic E-state index is -0.214. The molecule has 2 aromatic rings. The molecular formula is C21H22N2O5S. The van der Waals surface area contributed by atoms with Crippen molar-refractivity contribution >= 4 is 34.6 Å². The number of carbonyl (C=O) groups excluding carboxylic acids is 1. The Hall–Kier alpha value is -3.13. The number of nitrogens with one attached hydrogen (secondary N) is 1. The SMILES string of the molecule is CCOc1ccc(C=C2SC(=Nc3ccc(OC)cc3OC)NC2=O)cc1OC. The normalized spacial score (nSPS) is 16.1. The van der Waals surface area contributed by atoms with Crippen LogP contribution in [0.5, 0.6) is 23.0 Å². The molecule has 0 aromatic heterocycles. The van der Waals surface area contributed by atoms with Crippen LogP contribution >= 0.6 is 11.8 Å². The Kier molecular flexibility index (Phi) is 6.66. The second-order valence-electron chi connectivity index (χ2n) is 5.86. The topological polar surface area (TPSA) is 78.4 Å². The van der Waals surface area contributed by atoms with Gasteiger partial charge in [0.1, 0.15) is 17.2 Å². The molecule has 1 aliphatic heterocycles. The predicted molar refractivity (Wildman–Crippen MR) is 115 cm³/mol. The molecule has 2 aromatic carbocycles. The fourth-order valence-electron chi connectivity index (χ4n) is 2.67. The second-order valence-corrected chi connectivity index (χ2v) is 6.89. The van der Waals surface area contributed by atoms with Gasteiger partial charge in [0.15, 0.2) is 16.7 Å². The van der Waals surface area contributed by atoms with Gasteiger partial charge in [-0.25, -0.2) is 4.99 Å². The molecule has 1 aliphatic rings. The van der Waals surface area contributed by atoms with Crippen molar-refractivity contribution in [1.29, 1.82) is 0 Å². The maximum absolute atomic E-state index is 12.4. The van der Waals surface area contributed by atoms with Crippen molar-refractivity contribution in [3.63, 3.8) is 0 Å². The lowest BCUT2D eigenvalue weighted by Gasteiger charge is -2.09. The van der Waals surface area contributed by atoms with E-state index in [2.05, 4.69) is 10.3 Å². The van der Waals surface area contributed by atoms with E-state index < -0.39 is 0 Å². The highest BCUT2D eigenvalue weighted by atomic mass is 32.2. The van der Waals surface area contributed by atoms with Gasteiger partial charge >= 0.3 is 0 Å². The number of carbonyl (C=O) groups is 1. The van der Waals surface area contributed by atoms with Crippen molar-refractivity contribution in [1.82, 2.24) is 5.32 Å². The number of amides is 1. The molecule has 0 aliphatic carbocycles. The largest absolute Gasteiger partial charge is 0.497 e. The van der Waals surface area contributed by atoms with E-state index in [1.165, 1.54) is 11.8 Å². The zero-order valence-electron chi connectivity index (χ0n) is 16.6. The number of thioether (sulfide) groups is 1. The number of ether oxygens (including phenoxy) is 4. The maximum atomic E-state index is 12.4. The van der Waals surface area contributed by atoms with Crippen molar-refractivity contribution in [3.8, 4) is 23.0 Å². The van der Waals surface area contributed by atoms with E-state index >= 15 is 0 Å². The molecule has 1 fully saturated rings. The first-order valence-corrected chi connectivity index (χ1v) is 9.72. The zero-order valence-corrected chi connectivity index (χ0v) is 17.5. The Morgan fingerprint density at radius 2 is 1.79 bits per heavy atom. The summed E-state index contributed by atoms with van der Waals surface area (Å²) < 4.78 is 21.4. The summed E-state index contributed by atoms with van der Waals surface area (Å²) in [6.07, 6.45) is 1.78. The zero-order chi connectivity index (χ0) is 20.8. The number of rotatable bonds is 7. The number of benzene rings is 2. The van der Waals surface area contributed by atoms with Crippen LogP contribution in [0.3, 0.4) is 0 Å². The maximum Gasteiger partial charge on any atom is 0.264 e.